The minimum atomic E-state index is 0.577. The Morgan fingerprint density at radius 1 is 1.00 bits per heavy atom. The van der Waals surface area contributed by atoms with E-state index in [9.17, 15) is 0 Å². The molecule has 4 N–H and O–H groups in total. The summed E-state index contributed by atoms with van der Waals surface area (Å²) in [5.41, 5.74) is 4.26. The average Bonchev–Trinajstić information content (AvgIpc) is 3.36. The van der Waals surface area contributed by atoms with Gasteiger partial charge in [0, 0.05) is 40.9 Å². The van der Waals surface area contributed by atoms with Crippen molar-refractivity contribution >= 4 is 39.3 Å². The number of aromatic amines is 2. The lowest BCUT2D eigenvalue weighted by atomic mass is 10.1. The number of hydrogen-bond donors (Lipinski definition) is 4. The second kappa shape index (κ2) is 6.45. The lowest BCUT2D eigenvalue weighted by Gasteiger charge is -2.09. The molecule has 7 nitrogen and oxygen atoms in total. The van der Waals surface area contributed by atoms with Gasteiger partial charge in [-0.1, -0.05) is 12.1 Å². The maximum atomic E-state index is 4.56. The number of hydrogen-bond acceptors (Lipinski definition) is 5. The molecular weight excluding hydrogens is 338 g/mol. The van der Waals surface area contributed by atoms with E-state index < -0.39 is 0 Å². The topological polar surface area (TPSA) is 94.3 Å². The molecule has 0 unspecified atom stereocenters. The van der Waals surface area contributed by atoms with Crippen LogP contribution in [0.25, 0.3) is 21.8 Å². The monoisotopic (exact) mass is 355 g/mol. The summed E-state index contributed by atoms with van der Waals surface area (Å²) in [7, 11) is 0. The molecule has 0 saturated heterocycles. The molecule has 0 saturated carbocycles. The maximum Gasteiger partial charge on any atom is 0.224 e. The van der Waals surface area contributed by atoms with Gasteiger partial charge in [-0.2, -0.15) is 10.1 Å². The van der Waals surface area contributed by atoms with Gasteiger partial charge in [-0.3, -0.25) is 5.10 Å². The summed E-state index contributed by atoms with van der Waals surface area (Å²) in [5.74, 6) is 1.32. The van der Waals surface area contributed by atoms with Crippen LogP contribution in [-0.2, 0) is 6.54 Å². The number of anilines is 3. The van der Waals surface area contributed by atoms with Crippen LogP contribution in [0.5, 0.6) is 0 Å². The molecule has 0 atom stereocenters. The summed E-state index contributed by atoms with van der Waals surface area (Å²) in [6.07, 6.45) is 5.50. The molecule has 7 heteroatoms. The van der Waals surface area contributed by atoms with Crippen molar-refractivity contribution < 1.29 is 0 Å². The lowest BCUT2D eigenvalue weighted by Crippen LogP contribution is -2.05. The summed E-state index contributed by atoms with van der Waals surface area (Å²) in [5, 5.41) is 15.9. The van der Waals surface area contributed by atoms with Crippen LogP contribution < -0.4 is 10.6 Å². The Hall–Kier alpha value is -3.87. The van der Waals surface area contributed by atoms with Crippen molar-refractivity contribution in [3.8, 4) is 0 Å². The molecule has 3 aromatic heterocycles. The molecule has 27 heavy (non-hydrogen) atoms. The third kappa shape index (κ3) is 3.06. The molecule has 0 radical (unpaired) electrons. The van der Waals surface area contributed by atoms with Gasteiger partial charge in [-0.05, 0) is 42.0 Å². The van der Waals surface area contributed by atoms with Crippen molar-refractivity contribution in [2.24, 2.45) is 0 Å². The van der Waals surface area contributed by atoms with Crippen molar-refractivity contribution in [1.29, 1.82) is 0 Å². The molecule has 5 rings (SSSR count). The van der Waals surface area contributed by atoms with E-state index in [0.29, 0.717) is 12.5 Å². The third-order valence-corrected chi connectivity index (χ3v) is 4.47. The fraction of sp³-hybridized carbons (Fsp3) is 0.0500. The Kier molecular flexibility index (Phi) is 3.68. The van der Waals surface area contributed by atoms with Gasteiger partial charge >= 0.3 is 0 Å². The highest BCUT2D eigenvalue weighted by Gasteiger charge is 2.05. The summed E-state index contributed by atoms with van der Waals surface area (Å²) < 4.78 is 0. The number of rotatable bonds is 5. The van der Waals surface area contributed by atoms with E-state index in [1.165, 1.54) is 0 Å². The molecule has 3 heterocycles. The summed E-state index contributed by atoms with van der Waals surface area (Å²) in [6, 6.07) is 16.2. The second-order valence-corrected chi connectivity index (χ2v) is 6.28. The maximum absolute atomic E-state index is 4.56. The lowest BCUT2D eigenvalue weighted by molar-refractivity contribution is 1.06. The molecule has 0 aliphatic carbocycles. The highest BCUT2D eigenvalue weighted by atomic mass is 15.1. The Bertz CT molecular complexity index is 1220. The fourth-order valence-electron chi connectivity index (χ4n) is 3.13. The van der Waals surface area contributed by atoms with E-state index in [1.54, 1.807) is 6.20 Å². The summed E-state index contributed by atoms with van der Waals surface area (Å²) in [6.45, 7) is 0.637. The molecule has 0 aliphatic rings. The average molecular weight is 355 g/mol. The molecule has 132 valence electrons. The number of benzene rings is 2. The van der Waals surface area contributed by atoms with E-state index in [-0.39, 0.29) is 0 Å². The van der Waals surface area contributed by atoms with E-state index in [4.69, 9.17) is 0 Å². The Morgan fingerprint density at radius 2 is 2.00 bits per heavy atom. The van der Waals surface area contributed by atoms with Crippen LogP contribution in [0.1, 0.15) is 5.56 Å². The quantitative estimate of drug-likeness (QED) is 0.379. The standard InChI is InChI=1S/C20H17N7/c1-2-17-15(6-8-21-17)18(3-1)25-19-7-9-22-20(26-19)23-11-13-4-5-16-14(10-13)12-24-27-16/h1-10,12,21H,11H2,(H,24,27)(H2,22,23,25,26). The Morgan fingerprint density at radius 3 is 3.00 bits per heavy atom. The van der Waals surface area contributed by atoms with Gasteiger partial charge in [0.1, 0.15) is 5.82 Å². The first-order chi connectivity index (χ1) is 13.3. The smallest absolute Gasteiger partial charge is 0.224 e. The predicted molar refractivity (Wildman–Crippen MR) is 107 cm³/mol. The zero-order valence-corrected chi connectivity index (χ0v) is 14.4. The molecule has 0 amide bonds. The minimum Gasteiger partial charge on any atom is -0.361 e. The van der Waals surface area contributed by atoms with Crippen LogP contribution in [0.4, 0.5) is 17.5 Å². The molecule has 2 aromatic carbocycles. The zero-order chi connectivity index (χ0) is 18.1. The van der Waals surface area contributed by atoms with Gasteiger partial charge in [-0.25, -0.2) is 4.98 Å². The SMILES string of the molecule is c1cc(Nc2ccnc(NCc3ccc4[nH]ncc4c3)n2)c2cc[nH]c2c1. The minimum absolute atomic E-state index is 0.577. The highest BCUT2D eigenvalue weighted by Crippen LogP contribution is 2.25. The van der Waals surface area contributed by atoms with E-state index in [2.05, 4.69) is 47.9 Å². The van der Waals surface area contributed by atoms with Gasteiger partial charge in [0.2, 0.25) is 5.95 Å². The van der Waals surface area contributed by atoms with Gasteiger partial charge in [0.05, 0.1) is 11.7 Å². The summed E-state index contributed by atoms with van der Waals surface area (Å²) in [4.78, 5) is 12.1. The zero-order valence-electron chi connectivity index (χ0n) is 14.4. The fourth-order valence-corrected chi connectivity index (χ4v) is 3.13. The van der Waals surface area contributed by atoms with Crippen LogP contribution in [0, 0.1) is 0 Å². The third-order valence-electron chi connectivity index (χ3n) is 4.47. The number of aromatic nitrogens is 5. The van der Waals surface area contributed by atoms with Crippen LogP contribution >= 0.6 is 0 Å². The number of nitrogens with zero attached hydrogens (tertiary/aromatic N) is 3. The van der Waals surface area contributed by atoms with Gasteiger partial charge < -0.3 is 15.6 Å². The van der Waals surface area contributed by atoms with Gasteiger partial charge in [0.25, 0.3) is 0 Å². The molecule has 0 spiro atoms. The molecular formula is C20H17N7. The number of H-pyrrole nitrogens is 2. The Labute approximate surface area is 154 Å². The van der Waals surface area contributed by atoms with Gasteiger partial charge in [0.15, 0.2) is 0 Å². The largest absolute Gasteiger partial charge is 0.361 e. The van der Waals surface area contributed by atoms with Crippen molar-refractivity contribution in [2.75, 3.05) is 10.6 Å². The first-order valence-electron chi connectivity index (χ1n) is 8.67. The van der Waals surface area contributed by atoms with E-state index in [1.807, 2.05) is 48.8 Å². The Balaban J connectivity index is 1.33. The predicted octanol–water partition coefficient (Wildman–Crippen LogP) is 4.19. The first-order valence-corrected chi connectivity index (χ1v) is 8.67. The molecule has 5 aromatic rings. The van der Waals surface area contributed by atoms with Crippen molar-refractivity contribution in [3.05, 3.63) is 72.7 Å². The van der Waals surface area contributed by atoms with Crippen molar-refractivity contribution in [2.45, 2.75) is 6.54 Å². The van der Waals surface area contributed by atoms with Crippen molar-refractivity contribution in [1.82, 2.24) is 25.1 Å². The van der Waals surface area contributed by atoms with E-state index in [0.717, 1.165) is 38.9 Å². The normalized spacial score (nSPS) is 11.1. The molecule has 0 aliphatic heterocycles. The second-order valence-electron chi connectivity index (χ2n) is 6.28. The molecule has 0 bridgehead atoms. The first kappa shape index (κ1) is 15.4. The van der Waals surface area contributed by atoms with Crippen LogP contribution in [0.15, 0.2) is 67.1 Å². The van der Waals surface area contributed by atoms with Crippen LogP contribution in [0.2, 0.25) is 0 Å². The van der Waals surface area contributed by atoms with E-state index >= 15 is 0 Å². The highest BCUT2D eigenvalue weighted by molar-refractivity contribution is 5.93. The summed E-state index contributed by atoms with van der Waals surface area (Å²) >= 11 is 0. The van der Waals surface area contributed by atoms with Gasteiger partial charge in [-0.15, -0.1) is 0 Å². The number of fused-ring (bicyclic) bond motifs is 2. The van der Waals surface area contributed by atoms with Crippen LogP contribution in [-0.4, -0.2) is 25.1 Å². The number of nitrogens with one attached hydrogen (secondary N) is 4. The van der Waals surface area contributed by atoms with Crippen molar-refractivity contribution in [3.63, 3.8) is 0 Å². The van der Waals surface area contributed by atoms with Crippen LogP contribution in [0.3, 0.4) is 0 Å². The molecule has 0 fully saturated rings.